The summed E-state index contributed by atoms with van der Waals surface area (Å²) in [7, 11) is 0. The maximum absolute atomic E-state index is 12.9. The molecule has 1 atom stereocenters. The maximum atomic E-state index is 12.9. The molecular weight excluding hydrogens is 1010 g/mol. The van der Waals surface area contributed by atoms with Gasteiger partial charge in [-0.05, 0) is 77.0 Å². The average molecular weight is 1140 g/mol. The molecule has 0 aliphatic heterocycles. The average Bonchev–Trinajstić information content (AvgIpc) is 3.48. The molecule has 0 aromatic heterocycles. The molecular formula is C76H134O6. The summed E-state index contributed by atoms with van der Waals surface area (Å²) in [5.74, 6) is -0.851. The van der Waals surface area contributed by atoms with Crippen molar-refractivity contribution in [3.05, 3.63) is 85.1 Å². The third-order valence-corrected chi connectivity index (χ3v) is 15.7. The number of ether oxygens (including phenoxy) is 3. The Kier molecular flexibility index (Phi) is 67.2. The van der Waals surface area contributed by atoms with Gasteiger partial charge in [0.05, 0.1) is 0 Å². The highest BCUT2D eigenvalue weighted by molar-refractivity contribution is 5.71. The number of rotatable bonds is 65. The summed E-state index contributed by atoms with van der Waals surface area (Å²) in [6.45, 7) is 6.57. The van der Waals surface area contributed by atoms with Crippen molar-refractivity contribution in [3.8, 4) is 0 Å². The number of hydrogen-bond donors (Lipinski definition) is 0. The van der Waals surface area contributed by atoms with Crippen molar-refractivity contribution >= 4 is 17.9 Å². The summed E-state index contributed by atoms with van der Waals surface area (Å²) >= 11 is 0. The van der Waals surface area contributed by atoms with Crippen LogP contribution < -0.4 is 0 Å². The highest BCUT2D eigenvalue weighted by Gasteiger charge is 2.19. The number of carbonyl (C=O) groups excluding carboxylic acids is 3. The zero-order chi connectivity index (χ0) is 59.2. The second-order valence-electron chi connectivity index (χ2n) is 23.8. The zero-order valence-electron chi connectivity index (χ0n) is 54.5. The lowest BCUT2D eigenvalue weighted by Gasteiger charge is -2.18. The van der Waals surface area contributed by atoms with Crippen LogP contribution in [0.4, 0.5) is 0 Å². The van der Waals surface area contributed by atoms with Gasteiger partial charge in [0.1, 0.15) is 13.2 Å². The molecule has 6 nitrogen and oxygen atoms in total. The van der Waals surface area contributed by atoms with Gasteiger partial charge in [-0.25, -0.2) is 0 Å². The normalized spacial score (nSPS) is 12.6. The van der Waals surface area contributed by atoms with Crippen molar-refractivity contribution in [1.82, 2.24) is 0 Å². The molecule has 1 unspecified atom stereocenters. The molecule has 82 heavy (non-hydrogen) atoms. The predicted octanol–water partition coefficient (Wildman–Crippen LogP) is 24.6. The largest absolute Gasteiger partial charge is 0.462 e. The second kappa shape index (κ2) is 70.1. The Morgan fingerprint density at radius 1 is 0.256 bits per heavy atom. The van der Waals surface area contributed by atoms with Crippen LogP contribution in [0.5, 0.6) is 0 Å². The van der Waals surface area contributed by atoms with Gasteiger partial charge in [0.15, 0.2) is 6.10 Å². The highest BCUT2D eigenvalue weighted by atomic mass is 16.6. The molecule has 474 valence electrons. The van der Waals surface area contributed by atoms with Crippen molar-refractivity contribution in [1.29, 1.82) is 0 Å². The monoisotopic (exact) mass is 1140 g/mol. The fourth-order valence-electron chi connectivity index (χ4n) is 10.4. The van der Waals surface area contributed by atoms with Crippen LogP contribution in [0.25, 0.3) is 0 Å². The van der Waals surface area contributed by atoms with E-state index in [4.69, 9.17) is 14.2 Å². The van der Waals surface area contributed by atoms with Gasteiger partial charge in [-0.3, -0.25) is 14.4 Å². The smallest absolute Gasteiger partial charge is 0.306 e. The molecule has 0 aromatic carbocycles. The Morgan fingerprint density at radius 2 is 0.476 bits per heavy atom. The highest BCUT2D eigenvalue weighted by Crippen LogP contribution is 2.18. The van der Waals surface area contributed by atoms with E-state index in [1.165, 1.54) is 218 Å². The topological polar surface area (TPSA) is 78.9 Å². The lowest BCUT2D eigenvalue weighted by Crippen LogP contribution is -2.30. The van der Waals surface area contributed by atoms with E-state index in [-0.39, 0.29) is 31.1 Å². The van der Waals surface area contributed by atoms with Crippen molar-refractivity contribution in [2.45, 2.75) is 367 Å². The number of esters is 3. The minimum Gasteiger partial charge on any atom is -0.462 e. The van der Waals surface area contributed by atoms with Crippen LogP contribution >= 0.6 is 0 Å². The first kappa shape index (κ1) is 78.6. The minimum absolute atomic E-state index is 0.0695. The molecule has 0 bridgehead atoms. The molecule has 0 aliphatic carbocycles. The van der Waals surface area contributed by atoms with Crippen molar-refractivity contribution < 1.29 is 28.6 Å². The SMILES string of the molecule is CC/C=C\C/C=C\C/C=C\C/C=C\C/C=C\C/C=C\C/C=C\CCCCCCCCCCCCCCCC(=O)OCC(COC(=O)CCCCCCCCCCCC)OC(=O)CCCCCCCCCCCCCCCCCCCCC. The first-order valence-electron chi connectivity index (χ1n) is 35.6. The summed E-state index contributed by atoms with van der Waals surface area (Å²) in [5, 5.41) is 0. The molecule has 0 rings (SSSR count). The Morgan fingerprint density at radius 3 is 0.744 bits per heavy atom. The van der Waals surface area contributed by atoms with Gasteiger partial charge in [-0.15, -0.1) is 0 Å². The van der Waals surface area contributed by atoms with E-state index < -0.39 is 6.10 Å². The standard InChI is InChI=1S/C76H134O6/c1-4-7-10-13-16-19-22-24-26-28-30-31-32-33-34-35-36-37-38-39-40-41-42-43-44-45-47-48-50-52-54-57-60-63-66-69-75(78)81-72-73(71-80-74(77)68-65-62-59-56-21-18-15-12-9-6-3)82-76(79)70-67-64-61-58-55-53-51-49-46-29-27-25-23-20-17-14-11-8-5-2/h7,10,16,19,24,26,30-31,33-34,36-37,39-40,73H,4-6,8-9,11-15,17-18,20-23,25,27-29,32,35,38,41-72H2,1-3H3/b10-7-,19-16-,26-24-,31-30-,34-33-,37-36-,40-39-. The third kappa shape index (κ3) is 67.4. The third-order valence-electron chi connectivity index (χ3n) is 15.7. The molecule has 0 heterocycles. The van der Waals surface area contributed by atoms with Crippen LogP contribution in [0.2, 0.25) is 0 Å². The fourth-order valence-corrected chi connectivity index (χ4v) is 10.4. The van der Waals surface area contributed by atoms with Crippen molar-refractivity contribution in [2.75, 3.05) is 13.2 Å². The summed E-state index contributed by atoms with van der Waals surface area (Å²) in [4.78, 5) is 38.3. The van der Waals surface area contributed by atoms with E-state index in [1.54, 1.807) is 0 Å². The summed E-state index contributed by atoms with van der Waals surface area (Å²) in [5.41, 5.74) is 0. The van der Waals surface area contributed by atoms with E-state index in [0.29, 0.717) is 19.3 Å². The molecule has 0 spiro atoms. The van der Waals surface area contributed by atoms with Crippen LogP contribution in [0, 0.1) is 0 Å². The van der Waals surface area contributed by atoms with Crippen LogP contribution in [-0.2, 0) is 28.6 Å². The molecule has 0 amide bonds. The van der Waals surface area contributed by atoms with Crippen molar-refractivity contribution in [3.63, 3.8) is 0 Å². The lowest BCUT2D eigenvalue weighted by atomic mass is 10.0. The molecule has 6 heteroatoms. The molecule has 0 N–H and O–H groups in total. The van der Waals surface area contributed by atoms with Gasteiger partial charge in [0.25, 0.3) is 0 Å². The van der Waals surface area contributed by atoms with Crippen LogP contribution in [0.15, 0.2) is 85.1 Å². The number of unbranched alkanes of at least 4 members (excludes halogenated alkanes) is 40. The summed E-state index contributed by atoms with van der Waals surface area (Å²) in [6.07, 6.45) is 93.4. The number of hydrogen-bond acceptors (Lipinski definition) is 6. The van der Waals surface area contributed by atoms with Gasteiger partial charge in [0.2, 0.25) is 0 Å². The van der Waals surface area contributed by atoms with Gasteiger partial charge in [0, 0.05) is 19.3 Å². The fraction of sp³-hybridized carbons (Fsp3) is 0.776. The summed E-state index contributed by atoms with van der Waals surface area (Å²) in [6, 6.07) is 0. The predicted molar refractivity (Wildman–Crippen MR) is 358 cm³/mol. The van der Waals surface area contributed by atoms with E-state index >= 15 is 0 Å². The maximum Gasteiger partial charge on any atom is 0.306 e. The van der Waals surface area contributed by atoms with E-state index in [0.717, 1.165) is 103 Å². The summed E-state index contributed by atoms with van der Waals surface area (Å²) < 4.78 is 16.9. The lowest BCUT2D eigenvalue weighted by molar-refractivity contribution is -0.167. The number of allylic oxidation sites excluding steroid dienone is 14. The van der Waals surface area contributed by atoms with Gasteiger partial charge < -0.3 is 14.2 Å². The van der Waals surface area contributed by atoms with Gasteiger partial charge in [-0.2, -0.15) is 0 Å². The van der Waals surface area contributed by atoms with Crippen molar-refractivity contribution in [2.24, 2.45) is 0 Å². The first-order chi connectivity index (χ1) is 40.5. The van der Waals surface area contributed by atoms with Crippen LogP contribution in [0.3, 0.4) is 0 Å². The number of carbonyl (C=O) groups is 3. The Bertz CT molecular complexity index is 1550. The van der Waals surface area contributed by atoms with Gasteiger partial charge >= 0.3 is 17.9 Å². The molecule has 0 radical (unpaired) electrons. The zero-order valence-corrected chi connectivity index (χ0v) is 54.5. The first-order valence-corrected chi connectivity index (χ1v) is 35.6. The molecule has 0 fully saturated rings. The second-order valence-corrected chi connectivity index (χ2v) is 23.8. The van der Waals surface area contributed by atoms with E-state index in [9.17, 15) is 14.4 Å². The van der Waals surface area contributed by atoms with Crippen LogP contribution in [-0.4, -0.2) is 37.2 Å². The molecule has 0 saturated carbocycles. The van der Waals surface area contributed by atoms with Crippen LogP contribution in [0.1, 0.15) is 361 Å². The Balaban J connectivity index is 4.12. The molecule has 0 aliphatic rings. The molecule has 0 saturated heterocycles. The minimum atomic E-state index is -0.772. The quantitative estimate of drug-likeness (QED) is 0.0261. The molecule has 0 aromatic rings. The Labute approximate surface area is 509 Å². The van der Waals surface area contributed by atoms with E-state index in [2.05, 4.69) is 106 Å². The Hall–Kier alpha value is -3.41. The van der Waals surface area contributed by atoms with Gasteiger partial charge in [-0.1, -0.05) is 350 Å². The van der Waals surface area contributed by atoms with E-state index in [1.807, 2.05) is 0 Å².